The number of aromatic nitrogens is 4. The van der Waals surface area contributed by atoms with E-state index < -0.39 is 0 Å². The van der Waals surface area contributed by atoms with Crippen LogP contribution >= 0.6 is 0 Å². The number of aromatic amines is 1. The fourth-order valence-corrected chi connectivity index (χ4v) is 3.37. The number of nitrogens with one attached hydrogen (secondary N) is 3. The summed E-state index contributed by atoms with van der Waals surface area (Å²) in [6.07, 6.45) is 0.482. The number of hydrogen-bond acceptors (Lipinski definition) is 5. The lowest BCUT2D eigenvalue weighted by atomic mass is 10.1. The Kier molecular flexibility index (Phi) is 5.79. The molecule has 0 radical (unpaired) electrons. The van der Waals surface area contributed by atoms with Crippen LogP contribution in [0.15, 0.2) is 59.4 Å². The Morgan fingerprint density at radius 3 is 2.55 bits per heavy atom. The SMILES string of the molecule is Cc1ccccc1NC(=O)CCc1c(C)nc2nc(NCc3ccccc3)[nH]n2c1=O. The monoisotopic (exact) mass is 416 g/mol. The van der Waals surface area contributed by atoms with E-state index in [9.17, 15) is 9.59 Å². The first-order valence-electron chi connectivity index (χ1n) is 10.1. The minimum atomic E-state index is -0.244. The van der Waals surface area contributed by atoms with Gasteiger partial charge < -0.3 is 10.6 Å². The topological polar surface area (TPSA) is 104 Å². The number of fused-ring (bicyclic) bond motifs is 1. The molecule has 0 saturated carbocycles. The average molecular weight is 416 g/mol. The van der Waals surface area contributed by atoms with Crippen LogP contribution in [0.1, 0.15) is 28.8 Å². The van der Waals surface area contributed by atoms with Crippen molar-refractivity contribution in [3.63, 3.8) is 0 Å². The maximum absolute atomic E-state index is 13.0. The molecule has 0 aliphatic heterocycles. The van der Waals surface area contributed by atoms with Crippen LogP contribution in [0.3, 0.4) is 0 Å². The van der Waals surface area contributed by atoms with Gasteiger partial charge in [0.05, 0.1) is 5.69 Å². The quantitative estimate of drug-likeness (QED) is 0.429. The Hall–Kier alpha value is -3.94. The van der Waals surface area contributed by atoms with Crippen LogP contribution in [0.4, 0.5) is 11.6 Å². The number of carbonyl (C=O) groups is 1. The van der Waals surface area contributed by atoms with Crippen molar-refractivity contribution in [2.45, 2.75) is 33.2 Å². The zero-order chi connectivity index (χ0) is 21.8. The number of hydrogen-bond donors (Lipinski definition) is 3. The minimum absolute atomic E-state index is 0.145. The van der Waals surface area contributed by atoms with Gasteiger partial charge in [-0.15, -0.1) is 0 Å². The standard InChI is InChI=1S/C23H24N6O2/c1-15-8-6-7-11-19(15)26-20(30)13-12-18-16(2)25-23-27-22(28-29(23)21(18)31)24-14-17-9-4-3-5-10-17/h3-11H,12-14H2,1-2H3,(H,26,30)(H2,24,25,27,28). The second-order valence-electron chi connectivity index (χ2n) is 7.39. The van der Waals surface area contributed by atoms with Gasteiger partial charge in [0.25, 0.3) is 11.3 Å². The molecule has 0 unspecified atom stereocenters. The number of carbonyl (C=O) groups excluding carboxylic acids is 1. The summed E-state index contributed by atoms with van der Waals surface area (Å²) >= 11 is 0. The second-order valence-corrected chi connectivity index (χ2v) is 7.39. The van der Waals surface area contributed by atoms with Gasteiger partial charge in [0.2, 0.25) is 11.9 Å². The van der Waals surface area contributed by atoms with Gasteiger partial charge in [-0.05, 0) is 37.5 Å². The molecule has 2 heterocycles. The first-order chi connectivity index (χ1) is 15.0. The summed E-state index contributed by atoms with van der Waals surface area (Å²) in [5.74, 6) is 0.612. The highest BCUT2D eigenvalue weighted by Gasteiger charge is 2.15. The van der Waals surface area contributed by atoms with Gasteiger partial charge >= 0.3 is 0 Å². The molecule has 8 nitrogen and oxygen atoms in total. The van der Waals surface area contributed by atoms with Crippen molar-refractivity contribution in [3.8, 4) is 0 Å². The zero-order valence-corrected chi connectivity index (χ0v) is 17.5. The smallest absolute Gasteiger partial charge is 0.277 e. The van der Waals surface area contributed by atoms with Crippen molar-refractivity contribution in [2.75, 3.05) is 10.6 Å². The highest BCUT2D eigenvalue weighted by atomic mass is 16.1. The number of amides is 1. The van der Waals surface area contributed by atoms with E-state index in [2.05, 4.69) is 25.7 Å². The third-order valence-corrected chi connectivity index (χ3v) is 5.12. The highest BCUT2D eigenvalue weighted by Crippen LogP contribution is 2.14. The van der Waals surface area contributed by atoms with Gasteiger partial charge in [0.1, 0.15) is 0 Å². The lowest BCUT2D eigenvalue weighted by Gasteiger charge is -2.08. The van der Waals surface area contributed by atoms with E-state index in [-0.39, 0.29) is 17.9 Å². The van der Waals surface area contributed by atoms with Crippen LogP contribution in [0.2, 0.25) is 0 Å². The number of H-pyrrole nitrogens is 1. The molecule has 8 heteroatoms. The van der Waals surface area contributed by atoms with Gasteiger partial charge in [-0.1, -0.05) is 48.5 Å². The molecule has 0 saturated heterocycles. The molecule has 0 fully saturated rings. The lowest BCUT2D eigenvalue weighted by Crippen LogP contribution is -2.23. The number of rotatable bonds is 7. The summed E-state index contributed by atoms with van der Waals surface area (Å²) in [5, 5.41) is 9.02. The van der Waals surface area contributed by atoms with Crippen LogP contribution in [0.5, 0.6) is 0 Å². The summed E-state index contributed by atoms with van der Waals surface area (Å²) in [7, 11) is 0. The van der Waals surface area contributed by atoms with Crippen LogP contribution in [-0.2, 0) is 17.8 Å². The third kappa shape index (κ3) is 4.63. The van der Waals surface area contributed by atoms with E-state index in [4.69, 9.17) is 0 Å². The Morgan fingerprint density at radius 1 is 1.03 bits per heavy atom. The molecule has 4 aromatic rings. The Bertz CT molecular complexity index is 1280. The van der Waals surface area contributed by atoms with Crippen molar-refractivity contribution in [1.82, 2.24) is 19.6 Å². The number of nitrogens with zero attached hydrogens (tertiary/aromatic N) is 3. The van der Waals surface area contributed by atoms with E-state index in [1.807, 2.05) is 61.5 Å². The van der Waals surface area contributed by atoms with E-state index in [1.165, 1.54) is 4.52 Å². The molecule has 31 heavy (non-hydrogen) atoms. The molecule has 4 rings (SSSR count). The largest absolute Gasteiger partial charge is 0.351 e. The molecule has 2 aromatic heterocycles. The minimum Gasteiger partial charge on any atom is -0.351 e. The fraction of sp³-hybridized carbons (Fsp3) is 0.217. The van der Waals surface area contributed by atoms with Crippen molar-refractivity contribution in [3.05, 3.63) is 87.3 Å². The van der Waals surface area contributed by atoms with Gasteiger partial charge in [0.15, 0.2) is 0 Å². The average Bonchev–Trinajstić information content (AvgIpc) is 3.17. The molecule has 0 atom stereocenters. The van der Waals surface area contributed by atoms with Crippen LogP contribution in [-0.4, -0.2) is 25.5 Å². The highest BCUT2D eigenvalue weighted by molar-refractivity contribution is 5.91. The maximum Gasteiger partial charge on any atom is 0.277 e. The second kappa shape index (κ2) is 8.83. The molecule has 3 N–H and O–H groups in total. The van der Waals surface area contributed by atoms with Crippen LogP contribution in [0, 0.1) is 13.8 Å². The normalized spacial score (nSPS) is 10.9. The molecule has 0 aliphatic carbocycles. The summed E-state index contributed by atoms with van der Waals surface area (Å²) in [6, 6.07) is 17.5. The van der Waals surface area contributed by atoms with Crippen LogP contribution < -0.4 is 16.2 Å². The maximum atomic E-state index is 13.0. The van der Waals surface area contributed by atoms with Crippen molar-refractivity contribution in [1.29, 1.82) is 0 Å². The Morgan fingerprint density at radius 2 is 1.77 bits per heavy atom. The zero-order valence-electron chi connectivity index (χ0n) is 17.5. The van der Waals surface area contributed by atoms with Gasteiger partial charge in [-0.3, -0.25) is 14.7 Å². The number of anilines is 2. The first kappa shape index (κ1) is 20.3. The molecule has 1 amide bonds. The van der Waals surface area contributed by atoms with Gasteiger partial charge in [0, 0.05) is 24.2 Å². The lowest BCUT2D eigenvalue weighted by molar-refractivity contribution is -0.116. The number of aryl methyl sites for hydroxylation is 2. The van der Waals surface area contributed by atoms with E-state index in [0.717, 1.165) is 16.8 Å². The Labute approximate surface area is 179 Å². The molecular formula is C23H24N6O2. The molecule has 0 spiro atoms. The van der Waals surface area contributed by atoms with Gasteiger partial charge in [-0.2, -0.15) is 9.50 Å². The third-order valence-electron chi connectivity index (χ3n) is 5.12. The predicted octanol–water partition coefficient (Wildman–Crippen LogP) is 3.22. The molecule has 2 aromatic carbocycles. The predicted molar refractivity (Wildman–Crippen MR) is 120 cm³/mol. The van der Waals surface area contributed by atoms with E-state index in [1.54, 1.807) is 6.92 Å². The van der Waals surface area contributed by atoms with Crippen LogP contribution in [0.25, 0.3) is 5.78 Å². The van der Waals surface area contributed by atoms with Crippen molar-refractivity contribution >= 4 is 23.3 Å². The summed E-state index contributed by atoms with van der Waals surface area (Å²) < 4.78 is 1.31. The molecule has 158 valence electrons. The first-order valence-corrected chi connectivity index (χ1v) is 10.1. The number of benzene rings is 2. The summed E-state index contributed by atoms with van der Waals surface area (Å²) in [5.41, 5.74) is 3.69. The summed E-state index contributed by atoms with van der Waals surface area (Å²) in [4.78, 5) is 34.1. The fourth-order valence-electron chi connectivity index (χ4n) is 3.37. The van der Waals surface area contributed by atoms with Crippen molar-refractivity contribution in [2.24, 2.45) is 0 Å². The van der Waals surface area contributed by atoms with E-state index in [0.29, 0.717) is 35.9 Å². The Balaban J connectivity index is 1.47. The molecule has 0 aliphatic rings. The molecule has 0 bridgehead atoms. The van der Waals surface area contributed by atoms with Gasteiger partial charge in [-0.25, -0.2) is 4.98 Å². The van der Waals surface area contributed by atoms with Crippen molar-refractivity contribution < 1.29 is 4.79 Å². The summed E-state index contributed by atoms with van der Waals surface area (Å²) in [6.45, 7) is 4.27. The van der Waals surface area contributed by atoms with E-state index >= 15 is 0 Å². The number of para-hydroxylation sites is 1. The molecular weight excluding hydrogens is 392 g/mol.